The third-order valence-corrected chi connectivity index (χ3v) is 3.90. The molecule has 0 saturated carbocycles. The van der Waals surface area contributed by atoms with E-state index >= 15 is 0 Å². The zero-order valence-electron chi connectivity index (χ0n) is 14.4. The maximum atomic E-state index is 12.2. The molecule has 0 bridgehead atoms. The van der Waals surface area contributed by atoms with Crippen molar-refractivity contribution in [1.29, 1.82) is 0 Å². The fraction of sp³-hybridized carbons (Fsp3) is 0.150. The van der Waals surface area contributed by atoms with Gasteiger partial charge in [0, 0.05) is 23.7 Å². The van der Waals surface area contributed by atoms with E-state index in [9.17, 15) is 9.59 Å². The van der Waals surface area contributed by atoms with Gasteiger partial charge in [0.25, 0.3) is 0 Å². The van der Waals surface area contributed by atoms with E-state index in [4.69, 9.17) is 4.74 Å². The molecule has 2 amide bonds. The molecule has 0 aliphatic rings. The first-order valence-corrected chi connectivity index (χ1v) is 8.19. The molecule has 132 valence electrons. The van der Waals surface area contributed by atoms with E-state index in [0.29, 0.717) is 23.5 Å². The molecule has 0 aliphatic heterocycles. The maximum absolute atomic E-state index is 12.2. The molecule has 1 heterocycles. The number of amides is 2. The maximum Gasteiger partial charge on any atom is 0.233 e. The Balaban J connectivity index is 1.58. The number of methoxy groups -OCH3 is 1. The molecular formula is C20H19N3O3. The van der Waals surface area contributed by atoms with Crippen LogP contribution >= 0.6 is 0 Å². The summed E-state index contributed by atoms with van der Waals surface area (Å²) in [6.07, 6.45) is 1.40. The highest BCUT2D eigenvalue weighted by Gasteiger charge is 2.12. The second kappa shape index (κ2) is 8.11. The lowest BCUT2D eigenvalue weighted by Crippen LogP contribution is -2.28. The number of carbonyl (C=O) groups is 2. The Morgan fingerprint density at radius 2 is 1.81 bits per heavy atom. The van der Waals surface area contributed by atoms with E-state index in [-0.39, 0.29) is 18.2 Å². The number of carbonyl (C=O) groups excluding carboxylic acids is 2. The minimum atomic E-state index is -0.388. The van der Waals surface area contributed by atoms with Crippen LogP contribution in [0.15, 0.2) is 60.8 Å². The van der Waals surface area contributed by atoms with Gasteiger partial charge in [0.2, 0.25) is 11.8 Å². The minimum Gasteiger partial charge on any atom is -0.496 e. The summed E-state index contributed by atoms with van der Waals surface area (Å²) in [6, 6.07) is 16.7. The molecule has 3 aromatic rings. The van der Waals surface area contributed by atoms with Gasteiger partial charge in [-0.1, -0.05) is 36.4 Å². The summed E-state index contributed by atoms with van der Waals surface area (Å²) in [4.78, 5) is 28.5. The molecular weight excluding hydrogens is 330 g/mol. The van der Waals surface area contributed by atoms with Crippen LogP contribution in [-0.2, 0) is 16.1 Å². The average molecular weight is 349 g/mol. The Labute approximate surface area is 151 Å². The van der Waals surface area contributed by atoms with E-state index in [1.54, 1.807) is 19.4 Å². The molecule has 0 atom stereocenters. The van der Waals surface area contributed by atoms with Crippen LogP contribution in [0.5, 0.6) is 5.75 Å². The number of nitrogens with zero attached hydrogens (tertiary/aromatic N) is 1. The van der Waals surface area contributed by atoms with Crippen LogP contribution in [0.25, 0.3) is 10.9 Å². The van der Waals surface area contributed by atoms with Crippen LogP contribution in [0, 0.1) is 0 Å². The Morgan fingerprint density at radius 1 is 1.00 bits per heavy atom. The Kier molecular flexibility index (Phi) is 5.43. The number of hydrogen-bond acceptors (Lipinski definition) is 4. The number of benzene rings is 2. The molecule has 26 heavy (non-hydrogen) atoms. The summed E-state index contributed by atoms with van der Waals surface area (Å²) in [5.74, 6) is -0.0543. The van der Waals surface area contributed by atoms with E-state index in [1.807, 2.05) is 48.5 Å². The van der Waals surface area contributed by atoms with Gasteiger partial charge in [-0.05, 0) is 18.2 Å². The Hall–Kier alpha value is -3.41. The van der Waals surface area contributed by atoms with Crippen LogP contribution in [0.4, 0.5) is 5.69 Å². The lowest BCUT2D eigenvalue weighted by atomic mass is 10.2. The van der Waals surface area contributed by atoms with Gasteiger partial charge in [0.05, 0.1) is 18.3 Å². The van der Waals surface area contributed by atoms with E-state index in [1.165, 1.54) is 0 Å². The topological polar surface area (TPSA) is 80.3 Å². The molecule has 3 rings (SSSR count). The fourth-order valence-electron chi connectivity index (χ4n) is 2.65. The SMILES string of the molecule is COc1ccccc1CNC(=O)CC(=O)Nc1cccc2cccnc12. The van der Waals surface area contributed by atoms with Crippen molar-refractivity contribution in [3.8, 4) is 5.75 Å². The molecule has 6 nitrogen and oxygen atoms in total. The van der Waals surface area contributed by atoms with Crippen molar-refractivity contribution in [3.05, 3.63) is 66.4 Å². The number of ether oxygens (including phenoxy) is 1. The molecule has 0 radical (unpaired) electrons. The summed E-state index contributed by atoms with van der Waals surface area (Å²) in [6.45, 7) is 0.298. The van der Waals surface area contributed by atoms with Crippen molar-refractivity contribution in [1.82, 2.24) is 10.3 Å². The molecule has 1 aromatic heterocycles. The number of pyridine rings is 1. The van der Waals surface area contributed by atoms with Crippen molar-refractivity contribution in [2.24, 2.45) is 0 Å². The highest BCUT2D eigenvalue weighted by Crippen LogP contribution is 2.20. The zero-order chi connectivity index (χ0) is 18.4. The third kappa shape index (κ3) is 4.16. The number of fused-ring (bicyclic) bond motifs is 1. The smallest absolute Gasteiger partial charge is 0.233 e. The van der Waals surface area contributed by atoms with E-state index < -0.39 is 0 Å². The summed E-state index contributed by atoms with van der Waals surface area (Å²) in [5, 5.41) is 6.40. The second-order valence-electron chi connectivity index (χ2n) is 5.69. The van der Waals surface area contributed by atoms with Gasteiger partial charge in [-0.25, -0.2) is 0 Å². The van der Waals surface area contributed by atoms with Gasteiger partial charge in [-0.15, -0.1) is 0 Å². The largest absolute Gasteiger partial charge is 0.496 e. The van der Waals surface area contributed by atoms with Crippen LogP contribution in [-0.4, -0.2) is 23.9 Å². The quantitative estimate of drug-likeness (QED) is 0.671. The molecule has 6 heteroatoms. The summed E-state index contributed by atoms with van der Waals surface area (Å²) >= 11 is 0. The van der Waals surface area contributed by atoms with E-state index in [2.05, 4.69) is 15.6 Å². The highest BCUT2D eigenvalue weighted by molar-refractivity contribution is 6.07. The molecule has 0 unspecified atom stereocenters. The number of nitrogens with one attached hydrogen (secondary N) is 2. The Morgan fingerprint density at radius 3 is 2.65 bits per heavy atom. The van der Waals surface area contributed by atoms with Gasteiger partial charge < -0.3 is 15.4 Å². The number of aromatic nitrogens is 1. The minimum absolute atomic E-state index is 0.266. The first-order chi connectivity index (χ1) is 12.7. The van der Waals surface area contributed by atoms with Crippen molar-refractivity contribution >= 4 is 28.4 Å². The molecule has 2 aromatic carbocycles. The molecule has 0 spiro atoms. The third-order valence-electron chi connectivity index (χ3n) is 3.90. The monoisotopic (exact) mass is 349 g/mol. The van der Waals surface area contributed by atoms with Gasteiger partial charge in [0.1, 0.15) is 12.2 Å². The number of rotatable bonds is 6. The van der Waals surface area contributed by atoms with Crippen molar-refractivity contribution in [2.45, 2.75) is 13.0 Å². The first kappa shape index (κ1) is 17.4. The zero-order valence-corrected chi connectivity index (χ0v) is 14.4. The molecule has 0 aliphatic carbocycles. The molecule has 0 saturated heterocycles. The average Bonchev–Trinajstić information content (AvgIpc) is 2.67. The predicted octanol–water partition coefficient (Wildman–Crippen LogP) is 2.89. The van der Waals surface area contributed by atoms with Crippen LogP contribution in [0.3, 0.4) is 0 Å². The Bertz CT molecular complexity index is 935. The van der Waals surface area contributed by atoms with Crippen molar-refractivity contribution in [3.63, 3.8) is 0 Å². The van der Waals surface area contributed by atoms with E-state index in [0.717, 1.165) is 10.9 Å². The van der Waals surface area contributed by atoms with Gasteiger partial charge in [0.15, 0.2) is 0 Å². The number of para-hydroxylation sites is 2. The fourth-order valence-corrected chi connectivity index (χ4v) is 2.65. The van der Waals surface area contributed by atoms with Crippen molar-refractivity contribution < 1.29 is 14.3 Å². The highest BCUT2D eigenvalue weighted by atomic mass is 16.5. The molecule has 0 fully saturated rings. The van der Waals surface area contributed by atoms with Crippen LogP contribution in [0.1, 0.15) is 12.0 Å². The molecule has 2 N–H and O–H groups in total. The number of anilines is 1. The van der Waals surface area contributed by atoms with Gasteiger partial charge in [-0.2, -0.15) is 0 Å². The normalized spacial score (nSPS) is 10.3. The lowest BCUT2D eigenvalue weighted by Gasteiger charge is -2.10. The number of hydrogen-bond donors (Lipinski definition) is 2. The first-order valence-electron chi connectivity index (χ1n) is 8.19. The van der Waals surface area contributed by atoms with Crippen molar-refractivity contribution in [2.75, 3.05) is 12.4 Å². The summed E-state index contributed by atoms with van der Waals surface area (Å²) < 4.78 is 5.24. The summed E-state index contributed by atoms with van der Waals surface area (Å²) in [5.41, 5.74) is 2.13. The summed E-state index contributed by atoms with van der Waals surface area (Å²) in [7, 11) is 1.58. The standard InChI is InChI=1S/C20H19N3O3/c1-26-17-10-3-2-6-15(17)13-22-18(24)12-19(25)23-16-9-4-7-14-8-5-11-21-20(14)16/h2-11H,12-13H2,1H3,(H,22,24)(H,23,25). The van der Waals surface area contributed by atoms with Crippen LogP contribution < -0.4 is 15.4 Å². The second-order valence-corrected chi connectivity index (χ2v) is 5.69. The van der Waals surface area contributed by atoms with Crippen LogP contribution in [0.2, 0.25) is 0 Å². The predicted molar refractivity (Wildman–Crippen MR) is 99.8 cm³/mol. The van der Waals surface area contributed by atoms with Gasteiger partial charge >= 0.3 is 0 Å². The lowest BCUT2D eigenvalue weighted by molar-refractivity contribution is -0.126. The van der Waals surface area contributed by atoms with Gasteiger partial charge in [-0.3, -0.25) is 14.6 Å².